The molecule has 2 rings (SSSR count). The molecular formula is C11H11N5O2S. The third kappa shape index (κ3) is 2.96. The lowest BCUT2D eigenvalue weighted by atomic mass is 10.2. The van der Waals surface area contributed by atoms with Gasteiger partial charge in [0, 0.05) is 7.05 Å². The van der Waals surface area contributed by atoms with Gasteiger partial charge in [-0.1, -0.05) is 12.1 Å². The fraction of sp³-hybridized carbons (Fsp3) is 0.182. The summed E-state index contributed by atoms with van der Waals surface area (Å²) >= 11 is 0. The third-order valence-corrected chi connectivity index (χ3v) is 3.82. The molecule has 98 valence electrons. The molecular weight excluding hydrogens is 266 g/mol. The van der Waals surface area contributed by atoms with Crippen molar-refractivity contribution in [2.45, 2.75) is 11.4 Å². The van der Waals surface area contributed by atoms with E-state index in [1.54, 1.807) is 19.2 Å². The fourth-order valence-corrected chi connectivity index (χ4v) is 2.63. The standard InChI is InChI=1S/C11H11N5O2S/c1-16-8-13-11(15-16)7-14-19(17,18)10-5-3-2-4-9(10)6-12/h2-5,8,14H,7H2,1H3. The van der Waals surface area contributed by atoms with Crippen LogP contribution in [0.5, 0.6) is 0 Å². The summed E-state index contributed by atoms with van der Waals surface area (Å²) in [6.07, 6.45) is 1.48. The maximum absolute atomic E-state index is 12.1. The molecule has 19 heavy (non-hydrogen) atoms. The molecule has 2 aromatic rings. The Labute approximate surface area is 110 Å². The summed E-state index contributed by atoms with van der Waals surface area (Å²) in [6, 6.07) is 7.86. The van der Waals surface area contributed by atoms with E-state index in [4.69, 9.17) is 5.26 Å². The van der Waals surface area contributed by atoms with Gasteiger partial charge in [-0.3, -0.25) is 4.68 Å². The normalized spacial score (nSPS) is 11.2. The van der Waals surface area contributed by atoms with Gasteiger partial charge in [-0.15, -0.1) is 0 Å². The second-order valence-electron chi connectivity index (χ2n) is 3.77. The Kier molecular flexibility index (Phi) is 3.59. The second kappa shape index (κ2) is 5.17. The molecule has 0 spiro atoms. The van der Waals surface area contributed by atoms with Crippen molar-refractivity contribution in [1.82, 2.24) is 19.5 Å². The Bertz CT molecular complexity index is 730. The summed E-state index contributed by atoms with van der Waals surface area (Å²) in [5.41, 5.74) is 0.101. The molecule has 0 aliphatic carbocycles. The average molecular weight is 277 g/mol. The van der Waals surface area contributed by atoms with Crippen LogP contribution in [-0.4, -0.2) is 23.2 Å². The number of nitrogens with one attached hydrogen (secondary N) is 1. The van der Waals surface area contributed by atoms with Gasteiger partial charge >= 0.3 is 0 Å². The molecule has 0 bridgehead atoms. The molecule has 0 fully saturated rings. The first-order valence-electron chi connectivity index (χ1n) is 5.36. The van der Waals surface area contributed by atoms with Crippen molar-refractivity contribution in [3.63, 3.8) is 0 Å². The molecule has 0 unspecified atom stereocenters. The van der Waals surface area contributed by atoms with E-state index in [2.05, 4.69) is 14.8 Å². The lowest BCUT2D eigenvalue weighted by molar-refractivity contribution is 0.578. The number of benzene rings is 1. The van der Waals surface area contributed by atoms with Gasteiger partial charge in [0.25, 0.3) is 0 Å². The van der Waals surface area contributed by atoms with Gasteiger partial charge in [-0.2, -0.15) is 10.4 Å². The highest BCUT2D eigenvalue weighted by Gasteiger charge is 2.18. The first kappa shape index (κ1) is 13.2. The summed E-state index contributed by atoms with van der Waals surface area (Å²) in [7, 11) is -2.06. The van der Waals surface area contributed by atoms with Gasteiger partial charge in [-0.25, -0.2) is 18.1 Å². The zero-order valence-electron chi connectivity index (χ0n) is 10.1. The maximum Gasteiger partial charge on any atom is 0.242 e. The van der Waals surface area contributed by atoms with E-state index < -0.39 is 10.0 Å². The van der Waals surface area contributed by atoms with Crippen molar-refractivity contribution in [3.05, 3.63) is 42.0 Å². The summed E-state index contributed by atoms with van der Waals surface area (Å²) in [5, 5.41) is 12.9. The zero-order chi connectivity index (χ0) is 13.9. The molecule has 0 saturated heterocycles. The number of sulfonamides is 1. The number of nitrogens with zero attached hydrogens (tertiary/aromatic N) is 4. The molecule has 0 radical (unpaired) electrons. The minimum atomic E-state index is -3.75. The molecule has 0 aliphatic heterocycles. The SMILES string of the molecule is Cn1cnc(CNS(=O)(=O)c2ccccc2C#N)n1. The van der Waals surface area contributed by atoms with Crippen LogP contribution in [0.25, 0.3) is 0 Å². The van der Waals surface area contributed by atoms with Crippen LogP contribution in [0.1, 0.15) is 11.4 Å². The molecule has 0 amide bonds. The number of nitriles is 1. The van der Waals surface area contributed by atoms with E-state index in [9.17, 15) is 8.42 Å². The zero-order valence-corrected chi connectivity index (χ0v) is 10.9. The number of rotatable bonds is 4. The molecule has 1 N–H and O–H groups in total. The highest BCUT2D eigenvalue weighted by Crippen LogP contribution is 2.14. The predicted octanol–water partition coefficient (Wildman–Crippen LogP) is 0.165. The minimum Gasteiger partial charge on any atom is -0.256 e. The Morgan fingerprint density at radius 2 is 2.16 bits per heavy atom. The summed E-state index contributed by atoms with van der Waals surface area (Å²) in [6.45, 7) is -0.0249. The van der Waals surface area contributed by atoms with Crippen molar-refractivity contribution in [3.8, 4) is 6.07 Å². The quantitative estimate of drug-likeness (QED) is 0.858. The number of hydrogen-bond acceptors (Lipinski definition) is 5. The van der Waals surface area contributed by atoms with E-state index in [1.165, 1.54) is 23.1 Å². The van der Waals surface area contributed by atoms with Gasteiger partial charge in [0.1, 0.15) is 12.4 Å². The van der Waals surface area contributed by atoms with Gasteiger partial charge in [0.2, 0.25) is 10.0 Å². The second-order valence-corrected chi connectivity index (χ2v) is 5.50. The van der Waals surface area contributed by atoms with E-state index in [-0.39, 0.29) is 17.0 Å². The number of hydrogen-bond donors (Lipinski definition) is 1. The van der Waals surface area contributed by atoms with E-state index in [0.717, 1.165) is 0 Å². The van der Waals surface area contributed by atoms with Crippen LogP contribution >= 0.6 is 0 Å². The topological polar surface area (TPSA) is 101 Å². The Morgan fingerprint density at radius 3 is 2.79 bits per heavy atom. The van der Waals surface area contributed by atoms with Crippen LogP contribution in [0.2, 0.25) is 0 Å². The van der Waals surface area contributed by atoms with E-state index in [1.807, 2.05) is 6.07 Å². The van der Waals surface area contributed by atoms with Gasteiger partial charge in [0.15, 0.2) is 5.82 Å². The van der Waals surface area contributed by atoms with Crippen LogP contribution in [0.15, 0.2) is 35.5 Å². The molecule has 0 aliphatic rings. The number of aromatic nitrogens is 3. The highest BCUT2D eigenvalue weighted by atomic mass is 32.2. The van der Waals surface area contributed by atoms with Gasteiger partial charge in [-0.05, 0) is 12.1 Å². The van der Waals surface area contributed by atoms with Crippen LogP contribution in [-0.2, 0) is 23.6 Å². The minimum absolute atomic E-state index is 0.0249. The first-order valence-corrected chi connectivity index (χ1v) is 6.84. The van der Waals surface area contributed by atoms with Crippen LogP contribution in [0.3, 0.4) is 0 Å². The smallest absolute Gasteiger partial charge is 0.242 e. The Hall–Kier alpha value is -2.24. The van der Waals surface area contributed by atoms with E-state index in [0.29, 0.717) is 5.82 Å². The summed E-state index contributed by atoms with van der Waals surface area (Å²) < 4.78 is 28.0. The van der Waals surface area contributed by atoms with Crippen LogP contribution < -0.4 is 4.72 Å². The first-order chi connectivity index (χ1) is 9.03. The molecule has 7 nitrogen and oxygen atoms in total. The van der Waals surface area contributed by atoms with Gasteiger partial charge in [0.05, 0.1) is 17.0 Å². The van der Waals surface area contributed by atoms with Crippen LogP contribution in [0, 0.1) is 11.3 Å². The third-order valence-electron chi connectivity index (χ3n) is 2.36. The molecule has 1 aromatic carbocycles. The number of aryl methyl sites for hydroxylation is 1. The predicted molar refractivity (Wildman–Crippen MR) is 66.2 cm³/mol. The van der Waals surface area contributed by atoms with Crippen LogP contribution in [0.4, 0.5) is 0 Å². The van der Waals surface area contributed by atoms with Crippen molar-refractivity contribution in [2.75, 3.05) is 0 Å². The largest absolute Gasteiger partial charge is 0.256 e. The highest BCUT2D eigenvalue weighted by molar-refractivity contribution is 7.89. The van der Waals surface area contributed by atoms with Gasteiger partial charge < -0.3 is 0 Å². The molecule has 8 heteroatoms. The van der Waals surface area contributed by atoms with Crippen molar-refractivity contribution in [1.29, 1.82) is 5.26 Å². The maximum atomic E-state index is 12.1. The Morgan fingerprint density at radius 1 is 1.42 bits per heavy atom. The summed E-state index contributed by atoms with van der Waals surface area (Å²) in [5.74, 6) is 0.362. The fourth-order valence-electron chi connectivity index (χ4n) is 1.50. The Balaban J connectivity index is 2.21. The molecule has 1 heterocycles. The van der Waals surface area contributed by atoms with Crippen molar-refractivity contribution >= 4 is 10.0 Å². The summed E-state index contributed by atoms with van der Waals surface area (Å²) in [4.78, 5) is 3.87. The average Bonchev–Trinajstić information content (AvgIpc) is 2.82. The molecule has 0 atom stereocenters. The monoisotopic (exact) mass is 277 g/mol. The molecule has 0 saturated carbocycles. The van der Waals surface area contributed by atoms with Crippen molar-refractivity contribution in [2.24, 2.45) is 7.05 Å². The lowest BCUT2D eigenvalue weighted by Crippen LogP contribution is -2.24. The molecule has 1 aromatic heterocycles. The van der Waals surface area contributed by atoms with Crippen molar-refractivity contribution < 1.29 is 8.42 Å². The van der Waals surface area contributed by atoms with E-state index >= 15 is 0 Å². The lowest BCUT2D eigenvalue weighted by Gasteiger charge is -2.06.